The first-order valence-corrected chi connectivity index (χ1v) is 8.73. The van der Waals surface area contributed by atoms with Crippen LogP contribution in [0.3, 0.4) is 0 Å². The highest BCUT2D eigenvalue weighted by Gasteiger charge is 2.41. The van der Waals surface area contributed by atoms with Crippen LogP contribution in [-0.4, -0.2) is 18.7 Å². The summed E-state index contributed by atoms with van der Waals surface area (Å²) in [4.78, 5) is 0. The third-order valence-corrected chi connectivity index (χ3v) is 5.09. The molecule has 0 spiro atoms. The molecule has 2 saturated heterocycles. The molecular weight excluding hydrogens is 320 g/mol. The molecule has 2 aromatic carbocycles. The fraction of sp³-hybridized carbons (Fsp3) is 0.300. The highest BCUT2D eigenvalue weighted by Crippen LogP contribution is 2.36. The van der Waals surface area contributed by atoms with Crippen LogP contribution in [0.15, 0.2) is 55.1 Å². The molecule has 0 unspecified atom stereocenters. The van der Waals surface area contributed by atoms with E-state index < -0.39 is 0 Å². The molecule has 2 aliphatic heterocycles. The molecule has 3 atom stereocenters. The predicted molar refractivity (Wildman–Crippen MR) is 97.8 cm³/mol. The van der Waals surface area contributed by atoms with Crippen molar-refractivity contribution < 1.29 is 4.74 Å². The van der Waals surface area contributed by atoms with Gasteiger partial charge in [-0.15, -0.1) is 0 Å². The van der Waals surface area contributed by atoms with Gasteiger partial charge in [-0.05, 0) is 35.2 Å². The number of benzene rings is 2. The van der Waals surface area contributed by atoms with Crippen molar-refractivity contribution >= 4 is 17.3 Å². The summed E-state index contributed by atoms with van der Waals surface area (Å²) in [5.74, 6) is 0. The van der Waals surface area contributed by atoms with Gasteiger partial charge in [-0.2, -0.15) is 0 Å². The molecule has 124 valence electrons. The summed E-state index contributed by atoms with van der Waals surface area (Å²) in [7, 11) is 0. The standard InChI is InChI=1S/C20H21ClN2O/c1-13(22-11-14-2-8-17(21)9-3-14)15-4-6-16(7-5-15)20-19-10-18(24-20)12-23-19/h2-9,18-20,22-23H,1,10-12H2/t18-,19-,20+/m0/s1. The Labute approximate surface area is 147 Å². The molecule has 0 amide bonds. The van der Waals surface area contributed by atoms with E-state index in [-0.39, 0.29) is 6.10 Å². The molecular formula is C20H21ClN2O. The minimum Gasteiger partial charge on any atom is -0.381 e. The van der Waals surface area contributed by atoms with Crippen molar-refractivity contribution in [2.45, 2.75) is 31.2 Å². The van der Waals surface area contributed by atoms with Crippen LogP contribution >= 0.6 is 11.6 Å². The third-order valence-electron chi connectivity index (χ3n) is 4.84. The van der Waals surface area contributed by atoms with Gasteiger partial charge in [-0.3, -0.25) is 0 Å². The molecule has 2 N–H and O–H groups in total. The second-order valence-electron chi connectivity index (χ2n) is 6.51. The van der Waals surface area contributed by atoms with Gasteiger partial charge < -0.3 is 15.4 Å². The van der Waals surface area contributed by atoms with Crippen molar-refractivity contribution in [3.63, 3.8) is 0 Å². The Bertz CT molecular complexity index is 726. The summed E-state index contributed by atoms with van der Waals surface area (Å²) >= 11 is 5.91. The zero-order chi connectivity index (χ0) is 16.5. The Kier molecular flexibility index (Phi) is 4.31. The molecule has 0 aliphatic carbocycles. The Hall–Kier alpha value is -1.81. The lowest BCUT2D eigenvalue weighted by molar-refractivity contribution is 0.0160. The van der Waals surface area contributed by atoms with Crippen molar-refractivity contribution in [1.29, 1.82) is 0 Å². The molecule has 2 heterocycles. The average Bonchev–Trinajstić information content (AvgIpc) is 3.24. The lowest BCUT2D eigenvalue weighted by atomic mass is 10.0. The molecule has 2 bridgehead atoms. The minimum absolute atomic E-state index is 0.188. The number of rotatable bonds is 5. The average molecular weight is 341 g/mol. The Morgan fingerprint density at radius 3 is 2.54 bits per heavy atom. The number of ether oxygens (including phenoxy) is 1. The molecule has 2 aliphatic rings. The van der Waals surface area contributed by atoms with E-state index >= 15 is 0 Å². The molecule has 3 nitrogen and oxygen atoms in total. The quantitative estimate of drug-likeness (QED) is 0.866. The number of fused-ring (bicyclic) bond motifs is 2. The van der Waals surface area contributed by atoms with E-state index in [1.54, 1.807) is 0 Å². The third kappa shape index (κ3) is 3.20. The molecule has 24 heavy (non-hydrogen) atoms. The fourth-order valence-electron chi connectivity index (χ4n) is 3.47. The van der Waals surface area contributed by atoms with Crippen LogP contribution in [0, 0.1) is 0 Å². The summed E-state index contributed by atoms with van der Waals surface area (Å²) in [5, 5.41) is 7.64. The molecule has 0 aromatic heterocycles. The van der Waals surface area contributed by atoms with Crippen LogP contribution in [0.25, 0.3) is 5.70 Å². The van der Waals surface area contributed by atoms with E-state index in [0.717, 1.165) is 35.8 Å². The molecule has 2 aromatic rings. The van der Waals surface area contributed by atoms with Gasteiger partial charge in [-0.1, -0.05) is 54.6 Å². The van der Waals surface area contributed by atoms with Crippen LogP contribution in [0.2, 0.25) is 5.02 Å². The van der Waals surface area contributed by atoms with Gasteiger partial charge >= 0.3 is 0 Å². The van der Waals surface area contributed by atoms with Crippen LogP contribution in [-0.2, 0) is 11.3 Å². The van der Waals surface area contributed by atoms with E-state index in [9.17, 15) is 0 Å². The highest BCUT2D eigenvalue weighted by atomic mass is 35.5. The van der Waals surface area contributed by atoms with Gasteiger partial charge in [0.25, 0.3) is 0 Å². The summed E-state index contributed by atoms with van der Waals surface area (Å²) in [5.41, 5.74) is 4.44. The van der Waals surface area contributed by atoms with Gasteiger partial charge in [-0.25, -0.2) is 0 Å². The molecule has 4 heteroatoms. The van der Waals surface area contributed by atoms with E-state index in [0.29, 0.717) is 12.1 Å². The van der Waals surface area contributed by atoms with Crippen LogP contribution in [0.4, 0.5) is 0 Å². The van der Waals surface area contributed by atoms with Crippen LogP contribution in [0.1, 0.15) is 29.2 Å². The maximum atomic E-state index is 6.05. The second-order valence-corrected chi connectivity index (χ2v) is 6.95. The lowest BCUT2D eigenvalue weighted by Crippen LogP contribution is -2.33. The number of hydrogen-bond acceptors (Lipinski definition) is 3. The number of morpholine rings is 1. The van der Waals surface area contributed by atoms with Gasteiger partial charge in [0.1, 0.15) is 0 Å². The molecule has 4 rings (SSSR count). The monoisotopic (exact) mass is 340 g/mol. The first-order chi connectivity index (χ1) is 11.7. The first kappa shape index (κ1) is 15.7. The van der Waals surface area contributed by atoms with Crippen molar-refractivity contribution in [3.05, 3.63) is 76.8 Å². The Morgan fingerprint density at radius 1 is 1.17 bits per heavy atom. The van der Waals surface area contributed by atoms with Crippen molar-refractivity contribution in [2.24, 2.45) is 0 Å². The van der Waals surface area contributed by atoms with E-state index in [4.69, 9.17) is 16.3 Å². The molecule has 0 saturated carbocycles. The first-order valence-electron chi connectivity index (χ1n) is 8.35. The zero-order valence-corrected chi connectivity index (χ0v) is 14.2. The summed E-state index contributed by atoms with van der Waals surface area (Å²) < 4.78 is 6.05. The summed E-state index contributed by atoms with van der Waals surface area (Å²) in [6.45, 7) is 5.87. The number of hydrogen-bond donors (Lipinski definition) is 2. The predicted octanol–water partition coefficient (Wildman–Crippen LogP) is 3.90. The fourth-order valence-corrected chi connectivity index (χ4v) is 3.59. The van der Waals surface area contributed by atoms with Gasteiger partial charge in [0.15, 0.2) is 0 Å². The smallest absolute Gasteiger partial charge is 0.0983 e. The van der Waals surface area contributed by atoms with Crippen molar-refractivity contribution in [3.8, 4) is 0 Å². The SMILES string of the molecule is C=C(NCc1ccc(Cl)cc1)c1ccc([C@H]2O[C@@H]3CN[C@H]2C3)cc1. The van der Waals surface area contributed by atoms with Crippen LogP contribution < -0.4 is 10.6 Å². The summed E-state index contributed by atoms with van der Waals surface area (Å²) in [6.07, 6.45) is 1.70. The van der Waals surface area contributed by atoms with Gasteiger partial charge in [0.2, 0.25) is 0 Å². The van der Waals surface area contributed by atoms with E-state index in [1.807, 2.05) is 24.3 Å². The molecule has 2 fully saturated rings. The Morgan fingerprint density at radius 2 is 1.92 bits per heavy atom. The second kappa shape index (κ2) is 6.60. The zero-order valence-electron chi connectivity index (χ0n) is 13.5. The van der Waals surface area contributed by atoms with Gasteiger partial charge in [0.05, 0.1) is 12.2 Å². The molecule has 0 radical (unpaired) electrons. The lowest BCUT2D eigenvalue weighted by Gasteiger charge is -2.24. The maximum absolute atomic E-state index is 6.05. The number of nitrogens with one attached hydrogen (secondary N) is 2. The topological polar surface area (TPSA) is 33.3 Å². The Balaban J connectivity index is 1.37. The van der Waals surface area contributed by atoms with E-state index in [1.165, 1.54) is 11.1 Å². The highest BCUT2D eigenvalue weighted by molar-refractivity contribution is 6.30. The number of halogens is 1. The largest absolute Gasteiger partial charge is 0.381 e. The van der Waals surface area contributed by atoms with Crippen molar-refractivity contribution in [2.75, 3.05) is 6.54 Å². The normalized spacial score (nSPS) is 25.0. The van der Waals surface area contributed by atoms with E-state index in [2.05, 4.69) is 41.5 Å². The van der Waals surface area contributed by atoms with Gasteiger partial charge in [0, 0.05) is 29.9 Å². The van der Waals surface area contributed by atoms with Crippen molar-refractivity contribution in [1.82, 2.24) is 10.6 Å². The minimum atomic E-state index is 0.188. The maximum Gasteiger partial charge on any atom is 0.0983 e. The summed E-state index contributed by atoms with van der Waals surface area (Å²) in [6, 6.07) is 16.8. The van der Waals surface area contributed by atoms with Crippen LogP contribution in [0.5, 0.6) is 0 Å².